The minimum absolute atomic E-state index is 0.128. The van der Waals surface area contributed by atoms with Crippen molar-refractivity contribution in [2.24, 2.45) is 0 Å². The van der Waals surface area contributed by atoms with E-state index < -0.39 is 0 Å². The van der Waals surface area contributed by atoms with Crippen LogP contribution in [0.15, 0.2) is 36.5 Å². The fourth-order valence-electron chi connectivity index (χ4n) is 2.46. The number of amides is 1. The number of aryl methyl sites for hydroxylation is 1. The van der Waals surface area contributed by atoms with Crippen LogP contribution in [0.25, 0.3) is 5.65 Å². The highest BCUT2D eigenvalue weighted by atomic mass is 16.5. The molecule has 0 aliphatic carbocycles. The smallest absolute Gasteiger partial charge is 0.251 e. The molecule has 0 bridgehead atoms. The maximum Gasteiger partial charge on any atom is 0.251 e. The summed E-state index contributed by atoms with van der Waals surface area (Å²) in [5.41, 5.74) is 3.12. The van der Waals surface area contributed by atoms with E-state index in [4.69, 9.17) is 4.74 Å². The van der Waals surface area contributed by atoms with E-state index in [1.165, 1.54) is 0 Å². The van der Waals surface area contributed by atoms with Crippen LogP contribution < -0.4 is 15.4 Å². The second-order valence-corrected chi connectivity index (χ2v) is 5.57. The van der Waals surface area contributed by atoms with E-state index >= 15 is 0 Å². The van der Waals surface area contributed by atoms with Gasteiger partial charge in [0.15, 0.2) is 5.65 Å². The third-order valence-corrected chi connectivity index (χ3v) is 3.61. The first-order chi connectivity index (χ1) is 12.1. The number of pyridine rings is 1. The number of nitrogens with zero attached hydrogens (tertiary/aromatic N) is 3. The molecule has 0 saturated carbocycles. The number of nitrogens with one attached hydrogen (secondary N) is 2. The summed E-state index contributed by atoms with van der Waals surface area (Å²) in [6.45, 7) is 6.85. The predicted octanol–water partition coefficient (Wildman–Crippen LogP) is 2.93. The van der Waals surface area contributed by atoms with E-state index in [9.17, 15) is 4.79 Å². The molecule has 2 N–H and O–H groups in total. The summed E-state index contributed by atoms with van der Waals surface area (Å²) in [6.07, 6.45) is 1.91. The predicted molar refractivity (Wildman–Crippen MR) is 96.6 cm³/mol. The number of carbonyl (C=O) groups excluding carboxylic acids is 1. The van der Waals surface area contributed by atoms with Crippen LogP contribution in [0.4, 0.5) is 11.6 Å². The van der Waals surface area contributed by atoms with Crippen molar-refractivity contribution in [3.8, 4) is 5.75 Å². The number of anilines is 2. The molecule has 130 valence electrons. The quantitative estimate of drug-likeness (QED) is 0.722. The second-order valence-electron chi connectivity index (χ2n) is 5.57. The normalized spacial score (nSPS) is 10.7. The van der Waals surface area contributed by atoms with Gasteiger partial charge in [-0.1, -0.05) is 6.07 Å². The van der Waals surface area contributed by atoms with Crippen molar-refractivity contribution < 1.29 is 9.53 Å². The lowest BCUT2D eigenvalue weighted by molar-refractivity contribution is 0.0955. The molecule has 0 fully saturated rings. The van der Waals surface area contributed by atoms with Gasteiger partial charge in [0.1, 0.15) is 5.75 Å². The van der Waals surface area contributed by atoms with Gasteiger partial charge >= 0.3 is 0 Å². The van der Waals surface area contributed by atoms with Crippen LogP contribution in [-0.2, 0) is 0 Å². The van der Waals surface area contributed by atoms with E-state index in [0.717, 1.165) is 11.2 Å². The van der Waals surface area contributed by atoms with Gasteiger partial charge in [-0.3, -0.25) is 4.79 Å². The Balaban J connectivity index is 1.90. The van der Waals surface area contributed by atoms with E-state index in [0.29, 0.717) is 36.1 Å². The van der Waals surface area contributed by atoms with Gasteiger partial charge < -0.3 is 15.4 Å². The Hall–Kier alpha value is -3.09. The van der Waals surface area contributed by atoms with Gasteiger partial charge in [-0.25, -0.2) is 4.52 Å². The van der Waals surface area contributed by atoms with E-state index in [1.54, 1.807) is 22.7 Å². The van der Waals surface area contributed by atoms with Crippen molar-refractivity contribution in [2.75, 3.05) is 18.5 Å². The van der Waals surface area contributed by atoms with Crippen molar-refractivity contribution in [1.82, 2.24) is 19.9 Å². The van der Waals surface area contributed by atoms with E-state index in [2.05, 4.69) is 20.7 Å². The van der Waals surface area contributed by atoms with Crippen LogP contribution >= 0.6 is 0 Å². The zero-order valence-corrected chi connectivity index (χ0v) is 14.5. The average molecular weight is 339 g/mol. The first-order valence-corrected chi connectivity index (χ1v) is 8.25. The summed E-state index contributed by atoms with van der Waals surface area (Å²) < 4.78 is 7.39. The number of aromatic nitrogens is 3. The van der Waals surface area contributed by atoms with Crippen LogP contribution in [-0.4, -0.2) is 33.7 Å². The lowest BCUT2D eigenvalue weighted by Gasteiger charge is -2.12. The fraction of sp³-hybridized carbons (Fsp3) is 0.278. The Bertz CT molecular complexity index is 904. The molecular formula is C18H21N5O2. The molecule has 0 atom stereocenters. The number of hydrogen-bond donors (Lipinski definition) is 2. The molecule has 1 amide bonds. The topological polar surface area (TPSA) is 80.6 Å². The number of rotatable bonds is 6. The summed E-state index contributed by atoms with van der Waals surface area (Å²) in [5, 5.41) is 10.4. The molecule has 7 nitrogen and oxygen atoms in total. The Morgan fingerprint density at radius 1 is 1.24 bits per heavy atom. The molecule has 3 rings (SSSR count). The first kappa shape index (κ1) is 16.8. The summed E-state index contributed by atoms with van der Waals surface area (Å²) in [6, 6.07) is 9.16. The number of fused-ring (bicyclic) bond motifs is 1. The SMILES string of the molecule is CCNC(=O)c1ccc(Nc2nc3ccc(C)cn3n2)c(OCC)c1. The number of hydrogen-bond acceptors (Lipinski definition) is 5. The maximum atomic E-state index is 12.0. The van der Waals surface area contributed by atoms with Crippen molar-refractivity contribution in [1.29, 1.82) is 0 Å². The highest BCUT2D eigenvalue weighted by molar-refractivity contribution is 5.95. The molecule has 7 heteroatoms. The molecule has 0 aliphatic heterocycles. The standard InChI is InChI=1S/C18H21N5O2/c1-4-19-17(24)13-7-8-14(15(10-13)25-5-2)20-18-21-16-9-6-12(3)11-23(16)22-18/h6-11H,4-5H2,1-3H3,(H,19,24)(H,20,22). The minimum Gasteiger partial charge on any atom is -0.492 e. The third kappa shape index (κ3) is 3.71. The largest absolute Gasteiger partial charge is 0.492 e. The summed E-state index contributed by atoms with van der Waals surface area (Å²) in [5.74, 6) is 0.926. The fourth-order valence-corrected chi connectivity index (χ4v) is 2.46. The average Bonchev–Trinajstić information content (AvgIpc) is 2.98. The van der Waals surface area contributed by atoms with Gasteiger partial charge in [0.05, 0.1) is 12.3 Å². The van der Waals surface area contributed by atoms with Gasteiger partial charge in [0.2, 0.25) is 5.95 Å². The van der Waals surface area contributed by atoms with Gasteiger partial charge in [-0.05, 0) is 50.6 Å². The molecule has 3 aromatic rings. The zero-order chi connectivity index (χ0) is 17.8. The molecule has 25 heavy (non-hydrogen) atoms. The van der Waals surface area contributed by atoms with Crippen molar-refractivity contribution >= 4 is 23.2 Å². The zero-order valence-electron chi connectivity index (χ0n) is 14.5. The van der Waals surface area contributed by atoms with E-state index in [-0.39, 0.29) is 5.91 Å². The molecule has 0 aliphatic rings. The van der Waals surface area contributed by atoms with Gasteiger partial charge in [0, 0.05) is 18.3 Å². The van der Waals surface area contributed by atoms with Crippen molar-refractivity contribution in [3.05, 3.63) is 47.7 Å². The maximum absolute atomic E-state index is 12.0. The van der Waals surface area contributed by atoms with Crippen molar-refractivity contribution in [3.63, 3.8) is 0 Å². The molecule has 0 spiro atoms. The van der Waals surface area contributed by atoms with Crippen molar-refractivity contribution in [2.45, 2.75) is 20.8 Å². The van der Waals surface area contributed by atoms with Crippen LogP contribution in [0.1, 0.15) is 29.8 Å². The number of ether oxygens (including phenoxy) is 1. The summed E-state index contributed by atoms with van der Waals surface area (Å²) >= 11 is 0. The van der Waals surface area contributed by atoms with Crippen LogP contribution in [0.2, 0.25) is 0 Å². The number of carbonyl (C=O) groups is 1. The molecule has 1 aromatic carbocycles. The Labute approximate surface area is 146 Å². The summed E-state index contributed by atoms with van der Waals surface area (Å²) in [4.78, 5) is 16.4. The van der Waals surface area contributed by atoms with Gasteiger partial charge in [0.25, 0.3) is 5.91 Å². The highest BCUT2D eigenvalue weighted by Gasteiger charge is 2.12. The molecular weight excluding hydrogens is 318 g/mol. The van der Waals surface area contributed by atoms with Crippen LogP contribution in [0, 0.1) is 6.92 Å². The lowest BCUT2D eigenvalue weighted by atomic mass is 10.1. The third-order valence-electron chi connectivity index (χ3n) is 3.61. The van der Waals surface area contributed by atoms with Gasteiger partial charge in [-0.15, -0.1) is 5.10 Å². The molecule has 0 radical (unpaired) electrons. The highest BCUT2D eigenvalue weighted by Crippen LogP contribution is 2.28. The Morgan fingerprint density at radius 3 is 2.84 bits per heavy atom. The lowest BCUT2D eigenvalue weighted by Crippen LogP contribution is -2.22. The first-order valence-electron chi connectivity index (χ1n) is 8.25. The Morgan fingerprint density at radius 2 is 2.08 bits per heavy atom. The monoisotopic (exact) mass is 339 g/mol. The van der Waals surface area contributed by atoms with Crippen LogP contribution in [0.3, 0.4) is 0 Å². The number of benzene rings is 1. The molecule has 2 heterocycles. The van der Waals surface area contributed by atoms with Crippen LogP contribution in [0.5, 0.6) is 5.75 Å². The second kappa shape index (κ2) is 7.21. The molecule has 2 aromatic heterocycles. The molecule has 0 saturated heterocycles. The minimum atomic E-state index is -0.128. The summed E-state index contributed by atoms with van der Waals surface area (Å²) in [7, 11) is 0. The van der Waals surface area contributed by atoms with Gasteiger partial charge in [-0.2, -0.15) is 4.98 Å². The Kier molecular flexibility index (Phi) is 4.83. The molecule has 0 unspecified atom stereocenters. The van der Waals surface area contributed by atoms with E-state index in [1.807, 2.05) is 39.1 Å².